The highest BCUT2D eigenvalue weighted by molar-refractivity contribution is 5.21. The van der Waals surface area contributed by atoms with Gasteiger partial charge < -0.3 is 0 Å². The van der Waals surface area contributed by atoms with Crippen LogP contribution in [0, 0.1) is 12.3 Å². The summed E-state index contributed by atoms with van der Waals surface area (Å²) in [6.45, 7) is 4.32. The van der Waals surface area contributed by atoms with Crippen molar-refractivity contribution >= 4 is 0 Å². The Kier molecular flexibility index (Phi) is 2.88. The molecule has 0 aliphatic carbocycles. The van der Waals surface area contributed by atoms with Crippen molar-refractivity contribution in [2.24, 2.45) is 0 Å². The van der Waals surface area contributed by atoms with Crippen LogP contribution < -0.4 is 0 Å². The lowest BCUT2D eigenvalue weighted by molar-refractivity contribution is 0.857. The van der Waals surface area contributed by atoms with Crippen LogP contribution >= 0.6 is 0 Å². The molecule has 0 aliphatic rings. The summed E-state index contributed by atoms with van der Waals surface area (Å²) in [5, 5.41) is 0. The van der Waals surface area contributed by atoms with E-state index < -0.39 is 0 Å². The lowest BCUT2D eigenvalue weighted by atomic mass is 10.0. The molecule has 12 heavy (non-hydrogen) atoms. The lowest BCUT2D eigenvalue weighted by Gasteiger charge is -2.05. The third kappa shape index (κ3) is 2.10. The van der Waals surface area contributed by atoms with E-state index in [-0.39, 0.29) is 0 Å². The minimum Gasteiger partial charge on any atom is -0.260 e. The summed E-state index contributed by atoms with van der Waals surface area (Å²) in [6.07, 6.45) is 7.64. The van der Waals surface area contributed by atoms with Crippen molar-refractivity contribution in [1.29, 1.82) is 0 Å². The first-order valence-electron chi connectivity index (χ1n) is 4.12. The highest BCUT2D eigenvalue weighted by atomic mass is 14.7. The molecule has 1 aromatic heterocycles. The van der Waals surface area contributed by atoms with Gasteiger partial charge in [-0.05, 0) is 23.6 Å². The summed E-state index contributed by atoms with van der Waals surface area (Å²) in [7, 11) is 0. The van der Waals surface area contributed by atoms with Crippen LogP contribution in [-0.2, 0) is 6.42 Å². The van der Waals surface area contributed by atoms with E-state index in [2.05, 4.69) is 30.8 Å². The summed E-state index contributed by atoms with van der Waals surface area (Å²) >= 11 is 0. The third-order valence-corrected chi connectivity index (χ3v) is 1.79. The number of hydrogen-bond donors (Lipinski definition) is 0. The van der Waals surface area contributed by atoms with Crippen molar-refractivity contribution in [2.45, 2.75) is 26.2 Å². The highest BCUT2D eigenvalue weighted by Crippen LogP contribution is 2.13. The maximum atomic E-state index is 5.20. The number of nitrogens with zero attached hydrogens (tertiary/aromatic N) is 1. The van der Waals surface area contributed by atoms with Crippen molar-refractivity contribution < 1.29 is 0 Å². The van der Waals surface area contributed by atoms with Crippen molar-refractivity contribution in [3.63, 3.8) is 0 Å². The van der Waals surface area contributed by atoms with E-state index in [0.717, 1.165) is 5.69 Å². The largest absolute Gasteiger partial charge is 0.260 e. The first-order valence-corrected chi connectivity index (χ1v) is 4.12. The first kappa shape index (κ1) is 8.80. The molecule has 1 aromatic rings. The predicted molar refractivity (Wildman–Crippen MR) is 50.9 cm³/mol. The van der Waals surface area contributed by atoms with Gasteiger partial charge in [0.05, 0.1) is 12.1 Å². The molecule has 0 saturated heterocycles. The van der Waals surface area contributed by atoms with E-state index in [1.807, 2.05) is 12.3 Å². The quantitative estimate of drug-likeness (QED) is 0.604. The summed E-state index contributed by atoms with van der Waals surface area (Å²) in [5.74, 6) is 3.13. The van der Waals surface area contributed by atoms with Crippen molar-refractivity contribution in [3.05, 3.63) is 29.6 Å². The topological polar surface area (TPSA) is 12.9 Å². The fraction of sp³-hybridized carbons (Fsp3) is 0.364. The molecular weight excluding hydrogens is 146 g/mol. The molecular formula is C11H13N. The van der Waals surface area contributed by atoms with Gasteiger partial charge in [0.15, 0.2) is 0 Å². The van der Waals surface area contributed by atoms with Crippen LogP contribution in [0.5, 0.6) is 0 Å². The van der Waals surface area contributed by atoms with Crippen LogP contribution in [0.15, 0.2) is 18.3 Å². The lowest BCUT2D eigenvalue weighted by Crippen LogP contribution is -1.92. The molecule has 1 heterocycles. The molecule has 0 N–H and O–H groups in total. The molecule has 0 bridgehead atoms. The van der Waals surface area contributed by atoms with Gasteiger partial charge in [-0.3, -0.25) is 4.98 Å². The molecule has 0 aliphatic heterocycles. The third-order valence-electron chi connectivity index (χ3n) is 1.79. The highest BCUT2D eigenvalue weighted by Gasteiger charge is 1.99. The molecule has 1 rings (SSSR count). The zero-order valence-electron chi connectivity index (χ0n) is 7.54. The summed E-state index contributed by atoms with van der Waals surface area (Å²) < 4.78 is 0. The fourth-order valence-electron chi connectivity index (χ4n) is 1.06. The van der Waals surface area contributed by atoms with Crippen LogP contribution in [0.2, 0.25) is 0 Å². The standard InChI is InChI=1S/C11H13N/c1-4-5-11-8-10(9(2)3)6-7-12-11/h1,6-9H,5H2,2-3H3. The van der Waals surface area contributed by atoms with Gasteiger partial charge in [0.2, 0.25) is 0 Å². The van der Waals surface area contributed by atoms with Gasteiger partial charge in [0, 0.05) is 6.20 Å². The van der Waals surface area contributed by atoms with Gasteiger partial charge >= 0.3 is 0 Å². The Bertz CT molecular complexity index is 294. The normalized spacial score (nSPS) is 9.83. The Hall–Kier alpha value is -1.29. The van der Waals surface area contributed by atoms with Crippen LogP contribution in [-0.4, -0.2) is 4.98 Å². The summed E-state index contributed by atoms with van der Waals surface area (Å²) in [5.41, 5.74) is 2.29. The fourth-order valence-corrected chi connectivity index (χ4v) is 1.06. The molecule has 0 spiro atoms. The average molecular weight is 159 g/mol. The van der Waals surface area contributed by atoms with Gasteiger partial charge in [-0.1, -0.05) is 13.8 Å². The monoisotopic (exact) mass is 159 g/mol. The minimum absolute atomic E-state index is 0.546. The Morgan fingerprint density at radius 3 is 2.92 bits per heavy atom. The molecule has 0 saturated carbocycles. The van der Waals surface area contributed by atoms with E-state index in [0.29, 0.717) is 12.3 Å². The minimum atomic E-state index is 0.546. The Morgan fingerprint density at radius 2 is 2.33 bits per heavy atom. The van der Waals surface area contributed by atoms with Crippen LogP contribution in [0.4, 0.5) is 0 Å². The SMILES string of the molecule is C#CCc1cc(C(C)C)ccn1. The number of aromatic nitrogens is 1. The predicted octanol–water partition coefficient (Wildman–Crippen LogP) is 2.38. The van der Waals surface area contributed by atoms with E-state index in [4.69, 9.17) is 6.42 Å². The Morgan fingerprint density at radius 1 is 1.58 bits per heavy atom. The molecule has 0 atom stereocenters. The van der Waals surface area contributed by atoms with Gasteiger partial charge in [-0.15, -0.1) is 12.3 Å². The summed E-state index contributed by atoms with van der Waals surface area (Å²) in [4.78, 5) is 4.17. The second-order valence-corrected chi connectivity index (χ2v) is 3.12. The maximum Gasteiger partial charge on any atom is 0.0525 e. The second kappa shape index (κ2) is 3.92. The first-order chi connectivity index (χ1) is 5.74. The van der Waals surface area contributed by atoms with Crippen molar-refractivity contribution in [3.8, 4) is 12.3 Å². The molecule has 0 radical (unpaired) electrons. The molecule has 0 unspecified atom stereocenters. The Balaban J connectivity index is 2.90. The molecule has 0 aromatic carbocycles. The van der Waals surface area contributed by atoms with Gasteiger partial charge in [0.25, 0.3) is 0 Å². The second-order valence-electron chi connectivity index (χ2n) is 3.12. The van der Waals surface area contributed by atoms with E-state index in [1.165, 1.54) is 5.56 Å². The van der Waals surface area contributed by atoms with Crippen LogP contribution in [0.25, 0.3) is 0 Å². The van der Waals surface area contributed by atoms with Gasteiger partial charge in [-0.25, -0.2) is 0 Å². The molecule has 0 fully saturated rings. The smallest absolute Gasteiger partial charge is 0.0525 e. The maximum absolute atomic E-state index is 5.20. The summed E-state index contributed by atoms with van der Waals surface area (Å²) in [6, 6.07) is 4.11. The van der Waals surface area contributed by atoms with Crippen molar-refractivity contribution in [2.75, 3.05) is 0 Å². The van der Waals surface area contributed by atoms with Gasteiger partial charge in [0.1, 0.15) is 0 Å². The average Bonchev–Trinajstić information content (AvgIpc) is 2.05. The number of terminal acetylenes is 1. The molecule has 1 heteroatoms. The molecule has 62 valence electrons. The van der Waals surface area contributed by atoms with Crippen LogP contribution in [0.1, 0.15) is 31.0 Å². The van der Waals surface area contributed by atoms with E-state index in [1.54, 1.807) is 0 Å². The zero-order valence-corrected chi connectivity index (χ0v) is 7.54. The van der Waals surface area contributed by atoms with Gasteiger partial charge in [-0.2, -0.15) is 0 Å². The number of hydrogen-bond acceptors (Lipinski definition) is 1. The van der Waals surface area contributed by atoms with Crippen molar-refractivity contribution in [1.82, 2.24) is 4.98 Å². The molecule has 0 amide bonds. The van der Waals surface area contributed by atoms with E-state index >= 15 is 0 Å². The zero-order chi connectivity index (χ0) is 8.97. The number of rotatable bonds is 2. The number of pyridine rings is 1. The Labute approximate surface area is 73.8 Å². The van der Waals surface area contributed by atoms with E-state index in [9.17, 15) is 0 Å². The molecule has 1 nitrogen and oxygen atoms in total. The van der Waals surface area contributed by atoms with Crippen LogP contribution in [0.3, 0.4) is 0 Å².